The molecule has 0 heterocycles. The van der Waals surface area contributed by atoms with E-state index in [2.05, 4.69) is 11.9 Å². The highest BCUT2D eigenvalue weighted by Gasteiger charge is 2.41. The Kier molecular flexibility index (Phi) is 7.36. The first kappa shape index (κ1) is 21.2. The van der Waals surface area contributed by atoms with E-state index < -0.39 is 42.0 Å². The average molecular weight is 372 g/mol. The van der Waals surface area contributed by atoms with Gasteiger partial charge in [0.05, 0.1) is 0 Å². The van der Waals surface area contributed by atoms with Gasteiger partial charge in [-0.25, -0.2) is 4.79 Å². The Balaban J connectivity index is 3.01. The maximum Gasteiger partial charge on any atom is 0.471 e. The summed E-state index contributed by atoms with van der Waals surface area (Å²) in [5.41, 5.74) is 0.499. The first-order valence-electron chi connectivity index (χ1n) is 7.63. The summed E-state index contributed by atoms with van der Waals surface area (Å²) in [4.78, 5) is 34.9. The molecular weight excluding hydrogens is 353 g/mol. The van der Waals surface area contributed by atoms with Crippen molar-refractivity contribution in [3.05, 3.63) is 48.6 Å². The lowest BCUT2D eigenvalue weighted by Crippen LogP contribution is -2.55. The summed E-state index contributed by atoms with van der Waals surface area (Å²) >= 11 is 0. The van der Waals surface area contributed by atoms with Crippen LogP contribution in [0.3, 0.4) is 0 Å². The van der Waals surface area contributed by atoms with Crippen molar-refractivity contribution in [2.45, 2.75) is 31.6 Å². The molecule has 0 unspecified atom stereocenters. The Morgan fingerprint density at radius 1 is 1.19 bits per heavy atom. The van der Waals surface area contributed by atoms with Gasteiger partial charge in [0.1, 0.15) is 12.1 Å². The van der Waals surface area contributed by atoms with Crippen molar-refractivity contribution in [3.63, 3.8) is 0 Å². The summed E-state index contributed by atoms with van der Waals surface area (Å²) in [6, 6.07) is 5.08. The summed E-state index contributed by atoms with van der Waals surface area (Å²) in [5.74, 6) is -5.36. The van der Waals surface area contributed by atoms with Gasteiger partial charge in [-0.1, -0.05) is 43.3 Å². The number of aliphatic carboxylic acids is 1. The summed E-state index contributed by atoms with van der Waals surface area (Å²) in [6.07, 6.45) is -4.11. The van der Waals surface area contributed by atoms with Crippen LogP contribution < -0.4 is 10.6 Å². The minimum absolute atomic E-state index is 0.233. The van der Waals surface area contributed by atoms with E-state index in [1.54, 1.807) is 35.6 Å². The molecule has 1 aromatic rings. The summed E-state index contributed by atoms with van der Waals surface area (Å²) in [5, 5.41) is 12.9. The molecule has 0 fully saturated rings. The minimum atomic E-state index is -5.17. The first-order chi connectivity index (χ1) is 12.1. The molecule has 0 aliphatic rings. The van der Waals surface area contributed by atoms with Crippen LogP contribution in [0.15, 0.2) is 43.0 Å². The maximum absolute atomic E-state index is 12.5. The highest BCUT2D eigenvalue weighted by atomic mass is 19.4. The monoisotopic (exact) mass is 372 g/mol. The van der Waals surface area contributed by atoms with Crippen LogP contribution in [0.4, 0.5) is 13.2 Å². The third-order valence-corrected chi connectivity index (χ3v) is 3.62. The van der Waals surface area contributed by atoms with E-state index in [1.807, 2.05) is 0 Å². The second kappa shape index (κ2) is 9.02. The van der Waals surface area contributed by atoms with Crippen LogP contribution >= 0.6 is 0 Å². The SMILES string of the molecule is C=C[C@H](C)[C@@H](NC(=O)[C@H](Cc1ccccc1)NC(=O)C(F)(F)F)C(=O)O. The smallest absolute Gasteiger partial charge is 0.471 e. The highest BCUT2D eigenvalue weighted by Crippen LogP contribution is 2.15. The van der Waals surface area contributed by atoms with Crippen molar-refractivity contribution < 1.29 is 32.7 Å². The first-order valence-corrected chi connectivity index (χ1v) is 7.63. The molecule has 0 bridgehead atoms. The predicted molar refractivity (Wildman–Crippen MR) is 87.1 cm³/mol. The fraction of sp³-hybridized carbons (Fsp3) is 0.353. The largest absolute Gasteiger partial charge is 0.480 e. The van der Waals surface area contributed by atoms with Gasteiger partial charge in [0.15, 0.2) is 0 Å². The second-order valence-electron chi connectivity index (χ2n) is 5.63. The molecule has 0 spiro atoms. The van der Waals surface area contributed by atoms with E-state index in [1.165, 1.54) is 13.0 Å². The van der Waals surface area contributed by atoms with Crippen LogP contribution in [0.5, 0.6) is 0 Å². The number of carbonyl (C=O) groups excluding carboxylic acids is 2. The van der Waals surface area contributed by atoms with Gasteiger partial charge >= 0.3 is 18.1 Å². The lowest BCUT2D eigenvalue weighted by Gasteiger charge is -2.24. The zero-order chi connectivity index (χ0) is 19.9. The quantitative estimate of drug-likeness (QED) is 0.605. The number of carboxylic acids is 1. The van der Waals surface area contributed by atoms with Crippen molar-refractivity contribution in [2.75, 3.05) is 0 Å². The van der Waals surface area contributed by atoms with E-state index in [0.29, 0.717) is 5.56 Å². The van der Waals surface area contributed by atoms with Gasteiger partial charge in [0, 0.05) is 12.3 Å². The van der Waals surface area contributed by atoms with Crippen LogP contribution in [-0.2, 0) is 20.8 Å². The van der Waals surface area contributed by atoms with Crippen molar-refractivity contribution in [1.29, 1.82) is 0 Å². The number of hydrogen-bond acceptors (Lipinski definition) is 3. The molecule has 3 atom stereocenters. The van der Waals surface area contributed by atoms with E-state index in [4.69, 9.17) is 0 Å². The lowest BCUT2D eigenvalue weighted by atomic mass is 10.0. The number of rotatable bonds is 8. The number of hydrogen-bond donors (Lipinski definition) is 3. The summed E-state index contributed by atoms with van der Waals surface area (Å²) in [6.45, 7) is 4.91. The van der Waals surface area contributed by atoms with Crippen molar-refractivity contribution >= 4 is 17.8 Å². The Labute approximate surface area is 148 Å². The number of carboxylic acid groups (broad SMARTS) is 1. The van der Waals surface area contributed by atoms with Gasteiger partial charge in [-0.15, -0.1) is 6.58 Å². The highest BCUT2D eigenvalue weighted by molar-refractivity contribution is 5.92. The Hall–Kier alpha value is -2.84. The van der Waals surface area contributed by atoms with E-state index in [-0.39, 0.29) is 6.42 Å². The minimum Gasteiger partial charge on any atom is -0.480 e. The molecule has 0 aliphatic carbocycles. The number of halogens is 3. The second-order valence-corrected chi connectivity index (χ2v) is 5.63. The Morgan fingerprint density at radius 3 is 2.23 bits per heavy atom. The normalized spacial score (nSPS) is 14.6. The molecule has 0 radical (unpaired) electrons. The molecule has 0 saturated carbocycles. The molecule has 1 rings (SSSR count). The molecule has 1 aromatic carbocycles. The number of carbonyl (C=O) groups is 3. The van der Waals surface area contributed by atoms with E-state index in [9.17, 15) is 32.7 Å². The number of alkyl halides is 3. The molecule has 2 amide bonds. The molecule has 9 heteroatoms. The van der Waals surface area contributed by atoms with E-state index in [0.717, 1.165) is 0 Å². The van der Waals surface area contributed by atoms with Gasteiger partial charge in [0.25, 0.3) is 0 Å². The molecule has 0 saturated heterocycles. The molecular formula is C17H19F3N2O4. The topological polar surface area (TPSA) is 95.5 Å². The number of benzene rings is 1. The van der Waals surface area contributed by atoms with Crippen LogP contribution in [-0.4, -0.2) is 41.2 Å². The lowest BCUT2D eigenvalue weighted by molar-refractivity contribution is -0.174. The zero-order valence-corrected chi connectivity index (χ0v) is 13.9. The van der Waals surface area contributed by atoms with E-state index >= 15 is 0 Å². The van der Waals surface area contributed by atoms with Gasteiger partial charge in [-0.3, -0.25) is 9.59 Å². The van der Waals surface area contributed by atoms with Crippen LogP contribution in [0, 0.1) is 5.92 Å². The van der Waals surface area contributed by atoms with Gasteiger partial charge in [-0.05, 0) is 5.56 Å². The number of amides is 2. The molecule has 3 N–H and O–H groups in total. The third-order valence-electron chi connectivity index (χ3n) is 3.62. The van der Waals surface area contributed by atoms with Gasteiger partial charge in [-0.2, -0.15) is 13.2 Å². The summed E-state index contributed by atoms with van der Waals surface area (Å²) < 4.78 is 37.6. The van der Waals surface area contributed by atoms with Crippen LogP contribution in [0.2, 0.25) is 0 Å². The van der Waals surface area contributed by atoms with Crippen molar-refractivity contribution in [1.82, 2.24) is 10.6 Å². The molecule has 0 aromatic heterocycles. The fourth-order valence-electron chi connectivity index (χ4n) is 2.11. The van der Waals surface area contributed by atoms with Gasteiger partial charge < -0.3 is 15.7 Å². The van der Waals surface area contributed by atoms with Crippen LogP contribution in [0.25, 0.3) is 0 Å². The van der Waals surface area contributed by atoms with Crippen molar-refractivity contribution in [2.24, 2.45) is 5.92 Å². The molecule has 6 nitrogen and oxygen atoms in total. The zero-order valence-electron chi connectivity index (χ0n) is 13.9. The Bertz CT molecular complexity index is 662. The van der Waals surface area contributed by atoms with Crippen molar-refractivity contribution in [3.8, 4) is 0 Å². The fourth-order valence-corrected chi connectivity index (χ4v) is 2.11. The molecule has 0 aliphatic heterocycles. The van der Waals surface area contributed by atoms with Gasteiger partial charge in [0.2, 0.25) is 5.91 Å². The number of nitrogens with one attached hydrogen (secondary N) is 2. The average Bonchev–Trinajstić information content (AvgIpc) is 2.57. The maximum atomic E-state index is 12.5. The summed E-state index contributed by atoms with van der Waals surface area (Å²) in [7, 11) is 0. The van der Waals surface area contributed by atoms with Crippen LogP contribution in [0.1, 0.15) is 12.5 Å². The molecule has 26 heavy (non-hydrogen) atoms. The molecule has 142 valence electrons. The predicted octanol–water partition coefficient (Wildman–Crippen LogP) is 1.67. The standard InChI is InChI=1S/C17H19F3N2O4/c1-3-10(2)13(15(24)25)22-14(23)12(21-16(26)17(18,19)20)9-11-7-5-4-6-8-11/h3-8,10,12-13H,1,9H2,2H3,(H,21,26)(H,22,23)(H,24,25)/t10-,12-,13+/m0/s1. The third kappa shape index (κ3) is 6.23. The Morgan fingerprint density at radius 2 is 1.77 bits per heavy atom.